The van der Waals surface area contributed by atoms with Crippen molar-refractivity contribution in [2.75, 3.05) is 0 Å². The normalized spacial score (nSPS) is 15.8. The average molecular weight is 295 g/mol. The molecule has 0 saturated carbocycles. The Morgan fingerprint density at radius 2 is 1.62 bits per heavy atom. The molecule has 2 aromatic rings. The van der Waals surface area contributed by atoms with Crippen LogP contribution >= 0.6 is 11.6 Å². The van der Waals surface area contributed by atoms with Crippen molar-refractivity contribution in [3.63, 3.8) is 0 Å². The van der Waals surface area contributed by atoms with Gasteiger partial charge in [0.1, 0.15) is 0 Å². The molecule has 21 heavy (non-hydrogen) atoms. The van der Waals surface area contributed by atoms with Crippen molar-refractivity contribution in [3.05, 3.63) is 63.2 Å². The third-order valence-corrected chi connectivity index (χ3v) is 5.37. The summed E-state index contributed by atoms with van der Waals surface area (Å²) in [7, 11) is 0. The predicted octanol–water partition coefficient (Wildman–Crippen LogP) is 5.85. The molecule has 0 heterocycles. The van der Waals surface area contributed by atoms with Crippen LogP contribution in [0, 0.1) is 0 Å². The lowest BCUT2D eigenvalue weighted by Crippen LogP contribution is -2.11. The summed E-state index contributed by atoms with van der Waals surface area (Å²) in [4.78, 5) is 0. The molecule has 0 atom stereocenters. The van der Waals surface area contributed by atoms with E-state index in [0.29, 0.717) is 0 Å². The van der Waals surface area contributed by atoms with Crippen molar-refractivity contribution >= 4 is 17.7 Å². The molecular weight excluding hydrogens is 276 g/mol. The summed E-state index contributed by atoms with van der Waals surface area (Å²) in [5.41, 5.74) is 10.3. The second-order valence-corrected chi connectivity index (χ2v) is 6.49. The highest BCUT2D eigenvalue weighted by molar-refractivity contribution is 6.31. The van der Waals surface area contributed by atoms with Crippen LogP contribution in [-0.4, -0.2) is 0 Å². The van der Waals surface area contributed by atoms with Crippen molar-refractivity contribution in [2.45, 2.75) is 39.0 Å². The maximum atomic E-state index is 6.38. The van der Waals surface area contributed by atoms with Crippen LogP contribution in [0.1, 0.15) is 42.0 Å². The van der Waals surface area contributed by atoms with Crippen LogP contribution in [0.15, 0.2) is 35.9 Å². The van der Waals surface area contributed by atoms with E-state index < -0.39 is 0 Å². The van der Waals surface area contributed by atoms with Crippen LogP contribution in [0.2, 0.25) is 5.02 Å². The van der Waals surface area contributed by atoms with E-state index in [-0.39, 0.29) is 0 Å². The lowest BCUT2D eigenvalue weighted by molar-refractivity contribution is 0.842. The molecule has 0 aliphatic heterocycles. The molecular formula is C20H19Cl. The number of allylic oxidation sites excluding steroid dienone is 1. The topological polar surface area (TPSA) is 0 Å². The van der Waals surface area contributed by atoms with Gasteiger partial charge >= 0.3 is 0 Å². The van der Waals surface area contributed by atoms with E-state index in [0.717, 1.165) is 17.9 Å². The van der Waals surface area contributed by atoms with Crippen LogP contribution in [0.5, 0.6) is 0 Å². The molecule has 4 rings (SSSR count). The maximum absolute atomic E-state index is 6.38. The Bertz CT molecular complexity index is 753. The molecule has 2 aromatic carbocycles. The summed E-state index contributed by atoms with van der Waals surface area (Å²) < 4.78 is 0. The summed E-state index contributed by atoms with van der Waals surface area (Å²) >= 11 is 6.38. The third kappa shape index (κ3) is 2.05. The fraction of sp³-hybridized carbons (Fsp3) is 0.300. The first-order valence-electron chi connectivity index (χ1n) is 7.90. The van der Waals surface area contributed by atoms with E-state index in [4.69, 9.17) is 11.6 Å². The minimum atomic E-state index is 0.920. The van der Waals surface area contributed by atoms with Crippen LogP contribution in [0.4, 0.5) is 0 Å². The van der Waals surface area contributed by atoms with E-state index in [2.05, 4.69) is 37.3 Å². The molecule has 0 amide bonds. The highest BCUT2D eigenvalue weighted by Gasteiger charge is 2.23. The van der Waals surface area contributed by atoms with Gasteiger partial charge in [-0.2, -0.15) is 0 Å². The van der Waals surface area contributed by atoms with Gasteiger partial charge in [-0.15, -0.1) is 0 Å². The smallest absolute Gasteiger partial charge is 0.0444 e. The Balaban J connectivity index is 1.91. The van der Waals surface area contributed by atoms with E-state index in [1.54, 1.807) is 16.7 Å². The Morgan fingerprint density at radius 1 is 0.857 bits per heavy atom. The third-order valence-electron chi connectivity index (χ3n) is 5.01. The second kappa shape index (κ2) is 5.03. The molecule has 2 aliphatic rings. The van der Waals surface area contributed by atoms with Gasteiger partial charge in [0.25, 0.3) is 0 Å². The SMILES string of the molecule is CCC1=Cc2ccc3c(c2CC1)CCc1c(Cl)cccc1-3. The van der Waals surface area contributed by atoms with Crippen molar-refractivity contribution in [1.29, 1.82) is 0 Å². The summed E-state index contributed by atoms with van der Waals surface area (Å²) in [5, 5.41) is 0.920. The molecule has 0 unspecified atom stereocenters. The number of fused-ring (bicyclic) bond motifs is 5. The van der Waals surface area contributed by atoms with E-state index in [1.807, 2.05) is 6.07 Å². The summed E-state index contributed by atoms with van der Waals surface area (Å²) in [6.07, 6.45) is 8.21. The zero-order chi connectivity index (χ0) is 14.4. The van der Waals surface area contributed by atoms with Crippen molar-refractivity contribution in [2.24, 2.45) is 0 Å². The van der Waals surface area contributed by atoms with Crippen LogP contribution in [0.3, 0.4) is 0 Å². The molecule has 0 fully saturated rings. The molecule has 2 aliphatic carbocycles. The highest BCUT2D eigenvalue weighted by Crippen LogP contribution is 2.41. The summed E-state index contributed by atoms with van der Waals surface area (Å²) in [6.45, 7) is 2.26. The van der Waals surface area contributed by atoms with Gasteiger partial charge in [-0.1, -0.05) is 54.4 Å². The quantitative estimate of drug-likeness (QED) is 0.619. The molecule has 106 valence electrons. The fourth-order valence-corrected chi connectivity index (χ4v) is 4.12. The first kappa shape index (κ1) is 13.2. The van der Waals surface area contributed by atoms with Crippen molar-refractivity contribution in [3.8, 4) is 11.1 Å². The van der Waals surface area contributed by atoms with E-state index in [1.165, 1.54) is 41.5 Å². The van der Waals surface area contributed by atoms with Gasteiger partial charge in [-0.25, -0.2) is 0 Å². The zero-order valence-electron chi connectivity index (χ0n) is 12.4. The Morgan fingerprint density at radius 3 is 2.48 bits per heavy atom. The van der Waals surface area contributed by atoms with Gasteiger partial charge in [0.15, 0.2) is 0 Å². The van der Waals surface area contributed by atoms with E-state index in [9.17, 15) is 0 Å². The Hall–Kier alpha value is -1.53. The summed E-state index contributed by atoms with van der Waals surface area (Å²) in [5.74, 6) is 0. The number of hydrogen-bond acceptors (Lipinski definition) is 0. The lowest BCUT2D eigenvalue weighted by Gasteiger charge is -2.27. The van der Waals surface area contributed by atoms with Crippen molar-refractivity contribution < 1.29 is 0 Å². The van der Waals surface area contributed by atoms with Gasteiger partial charge in [-0.05, 0) is 71.6 Å². The fourth-order valence-electron chi connectivity index (χ4n) is 3.85. The number of rotatable bonds is 1. The molecule has 1 heteroatoms. The van der Waals surface area contributed by atoms with Gasteiger partial charge in [0.05, 0.1) is 0 Å². The standard InChI is InChI=1S/C20H19Cl/c1-2-13-6-8-15-14(12-13)7-9-18-16-4-3-5-20(21)19(16)11-10-17(15)18/h3-5,7,9,12H,2,6,8,10-11H2,1H3. The lowest BCUT2D eigenvalue weighted by atomic mass is 9.78. The molecule has 0 bridgehead atoms. The predicted molar refractivity (Wildman–Crippen MR) is 90.9 cm³/mol. The Labute approximate surface area is 131 Å². The molecule has 0 spiro atoms. The second-order valence-electron chi connectivity index (χ2n) is 6.08. The monoisotopic (exact) mass is 294 g/mol. The van der Waals surface area contributed by atoms with Gasteiger partial charge in [0.2, 0.25) is 0 Å². The molecule has 0 N–H and O–H groups in total. The minimum absolute atomic E-state index is 0.920. The highest BCUT2D eigenvalue weighted by atomic mass is 35.5. The minimum Gasteiger partial charge on any atom is -0.0840 e. The van der Waals surface area contributed by atoms with Gasteiger partial charge < -0.3 is 0 Å². The Kier molecular flexibility index (Phi) is 3.15. The van der Waals surface area contributed by atoms with E-state index >= 15 is 0 Å². The number of hydrogen-bond donors (Lipinski definition) is 0. The van der Waals surface area contributed by atoms with Gasteiger partial charge in [0, 0.05) is 5.02 Å². The average Bonchev–Trinajstić information content (AvgIpc) is 2.54. The van der Waals surface area contributed by atoms with Crippen LogP contribution < -0.4 is 0 Å². The van der Waals surface area contributed by atoms with Crippen LogP contribution in [0.25, 0.3) is 17.2 Å². The number of halogens is 1. The zero-order valence-corrected chi connectivity index (χ0v) is 13.1. The molecule has 0 nitrogen and oxygen atoms in total. The molecule has 0 saturated heterocycles. The maximum Gasteiger partial charge on any atom is 0.0444 e. The molecule has 0 aromatic heterocycles. The molecule has 0 radical (unpaired) electrons. The largest absolute Gasteiger partial charge is 0.0840 e. The summed E-state index contributed by atoms with van der Waals surface area (Å²) in [6, 6.07) is 10.9. The van der Waals surface area contributed by atoms with Crippen molar-refractivity contribution in [1.82, 2.24) is 0 Å². The van der Waals surface area contributed by atoms with Crippen LogP contribution in [-0.2, 0) is 19.3 Å². The number of benzene rings is 2. The first-order chi connectivity index (χ1) is 10.3. The first-order valence-corrected chi connectivity index (χ1v) is 8.27. The van der Waals surface area contributed by atoms with Gasteiger partial charge in [-0.3, -0.25) is 0 Å².